The van der Waals surface area contributed by atoms with Crippen LogP contribution in [0.5, 0.6) is 0 Å². The molecular formula is C30H45ClN4O3. The fraction of sp³-hybridized carbons (Fsp3) is 0.700. The molecule has 7 nitrogen and oxygen atoms in total. The van der Waals surface area contributed by atoms with Gasteiger partial charge in [0.1, 0.15) is 6.04 Å². The molecule has 1 heterocycles. The van der Waals surface area contributed by atoms with Crippen LogP contribution in [0.1, 0.15) is 76.2 Å². The van der Waals surface area contributed by atoms with Crippen molar-refractivity contribution >= 4 is 29.3 Å². The van der Waals surface area contributed by atoms with E-state index in [-0.39, 0.29) is 23.8 Å². The van der Waals surface area contributed by atoms with Crippen LogP contribution in [0.4, 0.5) is 0 Å². The Morgan fingerprint density at radius 3 is 2.21 bits per heavy atom. The zero-order chi connectivity index (χ0) is 27.1. The first-order valence-corrected chi connectivity index (χ1v) is 15.0. The van der Waals surface area contributed by atoms with Gasteiger partial charge in [0.2, 0.25) is 17.7 Å². The molecule has 1 atom stereocenters. The fourth-order valence-electron chi connectivity index (χ4n) is 6.31. The van der Waals surface area contributed by atoms with Gasteiger partial charge in [0, 0.05) is 50.0 Å². The molecule has 3 amide bonds. The number of benzene rings is 1. The molecule has 2 saturated carbocycles. The van der Waals surface area contributed by atoms with Crippen LogP contribution in [0.3, 0.4) is 0 Å². The van der Waals surface area contributed by atoms with Gasteiger partial charge in [-0.1, -0.05) is 55.8 Å². The number of nitrogens with one attached hydrogen (secondary N) is 1. The Bertz CT molecular complexity index is 935. The molecule has 210 valence electrons. The molecule has 1 aromatic carbocycles. The normalized spacial score (nSPS) is 19.8. The standard InChI is InChI=1S/C30H45ClN4O3/c1-33(2)17-16-28(36)32-27(18-23-12-14-24(31)15-13-23)30(38)34-20-26(21-34)35(25-10-4-3-5-11-25)29(37)19-22-8-6-7-9-22/h12-15,22,25-27H,3-11,16-21H2,1-2H3,(H,32,36). The first kappa shape index (κ1) is 28.9. The van der Waals surface area contributed by atoms with E-state index in [0.29, 0.717) is 55.9 Å². The minimum atomic E-state index is -0.635. The number of hydrogen-bond donors (Lipinski definition) is 1. The molecule has 0 radical (unpaired) electrons. The zero-order valence-corrected chi connectivity index (χ0v) is 23.9. The van der Waals surface area contributed by atoms with Crippen LogP contribution in [0.2, 0.25) is 5.02 Å². The van der Waals surface area contributed by atoms with Gasteiger partial charge in [-0.2, -0.15) is 0 Å². The summed E-state index contributed by atoms with van der Waals surface area (Å²) in [7, 11) is 3.85. The van der Waals surface area contributed by atoms with Crippen LogP contribution in [0, 0.1) is 5.92 Å². The number of carbonyl (C=O) groups is 3. The lowest BCUT2D eigenvalue weighted by Crippen LogP contribution is -2.67. The summed E-state index contributed by atoms with van der Waals surface area (Å²) in [5.41, 5.74) is 0.952. The van der Waals surface area contributed by atoms with Crippen molar-refractivity contribution in [1.29, 1.82) is 0 Å². The lowest BCUT2D eigenvalue weighted by Gasteiger charge is -2.50. The van der Waals surface area contributed by atoms with Gasteiger partial charge in [0.05, 0.1) is 6.04 Å². The van der Waals surface area contributed by atoms with Crippen LogP contribution in [-0.2, 0) is 20.8 Å². The fourth-order valence-corrected chi connectivity index (χ4v) is 6.44. The number of hydrogen-bond acceptors (Lipinski definition) is 4. The Morgan fingerprint density at radius 2 is 1.58 bits per heavy atom. The van der Waals surface area contributed by atoms with E-state index in [2.05, 4.69) is 10.2 Å². The van der Waals surface area contributed by atoms with Gasteiger partial charge in [0.25, 0.3) is 0 Å². The summed E-state index contributed by atoms with van der Waals surface area (Å²) in [6.07, 6.45) is 12.0. The predicted molar refractivity (Wildman–Crippen MR) is 151 cm³/mol. The maximum atomic E-state index is 13.6. The van der Waals surface area contributed by atoms with E-state index in [4.69, 9.17) is 11.6 Å². The molecule has 3 fully saturated rings. The number of halogens is 1. The molecule has 0 bridgehead atoms. The third-order valence-electron chi connectivity index (χ3n) is 8.53. The van der Waals surface area contributed by atoms with E-state index >= 15 is 0 Å². The highest BCUT2D eigenvalue weighted by molar-refractivity contribution is 6.30. The predicted octanol–water partition coefficient (Wildman–Crippen LogP) is 4.27. The lowest BCUT2D eigenvalue weighted by atomic mass is 9.90. The minimum Gasteiger partial charge on any atom is -0.344 e. The average molecular weight is 545 g/mol. The number of amides is 3. The van der Waals surface area contributed by atoms with E-state index in [1.54, 1.807) is 0 Å². The summed E-state index contributed by atoms with van der Waals surface area (Å²) >= 11 is 6.05. The van der Waals surface area contributed by atoms with Crippen LogP contribution in [0.25, 0.3) is 0 Å². The second-order valence-electron chi connectivity index (χ2n) is 11.8. The highest BCUT2D eigenvalue weighted by atomic mass is 35.5. The third-order valence-corrected chi connectivity index (χ3v) is 8.79. The molecule has 38 heavy (non-hydrogen) atoms. The van der Waals surface area contributed by atoms with Crippen molar-refractivity contribution < 1.29 is 14.4 Å². The average Bonchev–Trinajstić information content (AvgIpc) is 3.38. The second kappa shape index (κ2) is 13.8. The van der Waals surface area contributed by atoms with Gasteiger partial charge in [0.15, 0.2) is 0 Å². The summed E-state index contributed by atoms with van der Waals surface area (Å²) in [6.45, 7) is 1.73. The molecule has 0 spiro atoms. The number of carbonyl (C=O) groups excluding carboxylic acids is 3. The van der Waals surface area contributed by atoms with Gasteiger partial charge >= 0.3 is 0 Å². The number of likely N-dealkylation sites (tertiary alicyclic amines) is 1. The zero-order valence-electron chi connectivity index (χ0n) is 23.2. The van der Waals surface area contributed by atoms with Crippen molar-refractivity contribution in [3.05, 3.63) is 34.9 Å². The molecule has 1 N–H and O–H groups in total. The summed E-state index contributed by atoms with van der Waals surface area (Å²) in [6, 6.07) is 7.17. The largest absolute Gasteiger partial charge is 0.344 e. The molecule has 1 unspecified atom stereocenters. The van der Waals surface area contributed by atoms with Crippen molar-refractivity contribution in [2.75, 3.05) is 33.7 Å². The van der Waals surface area contributed by atoms with E-state index in [9.17, 15) is 14.4 Å². The van der Waals surface area contributed by atoms with Gasteiger partial charge < -0.3 is 20.0 Å². The molecule has 0 aromatic heterocycles. The Morgan fingerprint density at radius 1 is 0.947 bits per heavy atom. The number of nitrogens with zero attached hydrogens (tertiary/aromatic N) is 3. The van der Waals surface area contributed by atoms with Crippen LogP contribution in [-0.4, -0.2) is 84.3 Å². The summed E-state index contributed by atoms with van der Waals surface area (Å²) in [5.74, 6) is 0.614. The van der Waals surface area contributed by atoms with Crippen LogP contribution < -0.4 is 5.32 Å². The third kappa shape index (κ3) is 7.95. The van der Waals surface area contributed by atoms with Crippen LogP contribution in [0.15, 0.2) is 24.3 Å². The molecule has 1 aromatic rings. The Labute approximate surface area is 233 Å². The summed E-state index contributed by atoms with van der Waals surface area (Å²) < 4.78 is 0. The Balaban J connectivity index is 1.41. The Hall–Kier alpha value is -2.12. The SMILES string of the molecule is CN(C)CCC(=O)NC(Cc1ccc(Cl)cc1)C(=O)N1CC(N(C(=O)CC2CCCC2)C2CCCCC2)C1. The van der Waals surface area contributed by atoms with E-state index < -0.39 is 6.04 Å². The Kier molecular flexibility index (Phi) is 10.5. The summed E-state index contributed by atoms with van der Waals surface area (Å²) in [4.78, 5) is 45.8. The maximum absolute atomic E-state index is 13.6. The van der Waals surface area contributed by atoms with Gasteiger partial charge in [-0.05, 0) is 63.4 Å². The second-order valence-corrected chi connectivity index (χ2v) is 12.3. The van der Waals surface area contributed by atoms with E-state index in [0.717, 1.165) is 18.4 Å². The first-order valence-electron chi connectivity index (χ1n) is 14.6. The van der Waals surface area contributed by atoms with Gasteiger partial charge in [-0.3, -0.25) is 14.4 Å². The lowest BCUT2D eigenvalue weighted by molar-refractivity contribution is -0.152. The van der Waals surface area contributed by atoms with Crippen molar-refractivity contribution in [2.45, 2.75) is 95.2 Å². The molecule has 2 aliphatic carbocycles. The van der Waals surface area contributed by atoms with E-state index in [1.807, 2.05) is 48.2 Å². The molecule has 3 aliphatic rings. The van der Waals surface area contributed by atoms with Crippen molar-refractivity contribution in [2.24, 2.45) is 5.92 Å². The van der Waals surface area contributed by atoms with Crippen molar-refractivity contribution in [3.63, 3.8) is 0 Å². The quantitative estimate of drug-likeness (QED) is 0.451. The highest BCUT2D eigenvalue weighted by Gasteiger charge is 2.42. The topological polar surface area (TPSA) is 73.0 Å². The molecule has 1 saturated heterocycles. The molecule has 8 heteroatoms. The van der Waals surface area contributed by atoms with Gasteiger partial charge in [-0.25, -0.2) is 0 Å². The summed E-state index contributed by atoms with van der Waals surface area (Å²) in [5, 5.41) is 3.63. The monoisotopic (exact) mass is 544 g/mol. The maximum Gasteiger partial charge on any atom is 0.245 e. The smallest absolute Gasteiger partial charge is 0.245 e. The van der Waals surface area contributed by atoms with Gasteiger partial charge in [-0.15, -0.1) is 0 Å². The number of rotatable bonds is 11. The molecule has 4 rings (SSSR count). The minimum absolute atomic E-state index is 0.0683. The van der Waals surface area contributed by atoms with E-state index in [1.165, 1.54) is 44.9 Å². The first-order chi connectivity index (χ1) is 18.3. The molecular weight excluding hydrogens is 500 g/mol. The highest BCUT2D eigenvalue weighted by Crippen LogP contribution is 2.32. The van der Waals surface area contributed by atoms with Crippen molar-refractivity contribution in [3.8, 4) is 0 Å². The molecule has 1 aliphatic heterocycles. The van der Waals surface area contributed by atoms with Crippen molar-refractivity contribution in [1.82, 2.24) is 20.0 Å². The van der Waals surface area contributed by atoms with Crippen LogP contribution >= 0.6 is 11.6 Å².